The molecule has 0 saturated heterocycles. The van der Waals surface area contributed by atoms with Crippen LogP contribution >= 0.6 is 0 Å². The van der Waals surface area contributed by atoms with Gasteiger partial charge in [-0.2, -0.15) is 5.26 Å². The molecule has 0 atom stereocenters. The lowest BCUT2D eigenvalue weighted by Gasteiger charge is -2.38. The molecule has 2 aliphatic rings. The zero-order chi connectivity index (χ0) is 22.7. The van der Waals surface area contributed by atoms with Crippen LogP contribution in [0.5, 0.6) is 0 Å². The quantitative estimate of drug-likeness (QED) is 0.255. The Morgan fingerprint density at radius 3 is 2.39 bits per heavy atom. The highest BCUT2D eigenvalue weighted by molar-refractivity contribution is 6.84. The Morgan fingerprint density at radius 1 is 0.848 bits per heavy atom. The van der Waals surface area contributed by atoms with Gasteiger partial charge in [0, 0.05) is 22.5 Å². The summed E-state index contributed by atoms with van der Waals surface area (Å²) in [5, 5.41) is 9.30. The van der Waals surface area contributed by atoms with Crippen LogP contribution in [0.2, 0.25) is 0 Å². The second-order valence-corrected chi connectivity index (χ2v) is 9.32. The van der Waals surface area contributed by atoms with Crippen molar-refractivity contribution in [3.63, 3.8) is 0 Å². The van der Waals surface area contributed by atoms with Gasteiger partial charge in [0.05, 0.1) is 12.6 Å². The first-order chi connectivity index (χ1) is 16.0. The van der Waals surface area contributed by atoms with Crippen LogP contribution < -0.4 is 10.3 Å². The third-order valence-electron chi connectivity index (χ3n) is 7.11. The lowest BCUT2D eigenvalue weighted by Crippen LogP contribution is -2.55. The van der Waals surface area contributed by atoms with E-state index in [1.54, 1.807) is 6.07 Å². The number of hydrogen-bond acceptors (Lipinski definition) is 2. The maximum atomic E-state index is 9.43. The third-order valence-corrected chi connectivity index (χ3v) is 7.11. The average Bonchev–Trinajstić information content (AvgIpc) is 3.10. The molecule has 0 amide bonds. The molecule has 4 aromatic rings. The van der Waals surface area contributed by atoms with Crippen molar-refractivity contribution in [3.05, 3.63) is 107 Å². The van der Waals surface area contributed by atoms with Gasteiger partial charge in [-0.1, -0.05) is 62.4 Å². The Bertz CT molecular complexity index is 1510. The topological polar surface area (TPSA) is 31.4 Å². The molecule has 3 nitrogen and oxygen atoms in total. The predicted molar refractivity (Wildman–Crippen MR) is 135 cm³/mol. The Balaban J connectivity index is 1.59. The summed E-state index contributed by atoms with van der Waals surface area (Å²) in [4.78, 5) is 6.06. The van der Waals surface area contributed by atoms with Gasteiger partial charge in [0.15, 0.2) is 5.69 Å². The highest BCUT2D eigenvalue weighted by Gasteiger charge is 2.52. The lowest BCUT2D eigenvalue weighted by molar-refractivity contribution is 0.759. The smallest absolute Gasteiger partial charge is 0.304 e. The van der Waals surface area contributed by atoms with E-state index in [1.165, 1.54) is 33.5 Å². The summed E-state index contributed by atoms with van der Waals surface area (Å²) in [5.74, 6) is 0. The van der Waals surface area contributed by atoms with Crippen molar-refractivity contribution in [1.82, 2.24) is 0 Å². The van der Waals surface area contributed by atoms with E-state index in [1.807, 2.05) is 12.1 Å². The van der Waals surface area contributed by atoms with Gasteiger partial charge >= 0.3 is 6.85 Å². The molecule has 0 aliphatic carbocycles. The van der Waals surface area contributed by atoms with Crippen molar-refractivity contribution in [2.75, 3.05) is 4.81 Å². The van der Waals surface area contributed by atoms with Gasteiger partial charge in [-0.3, -0.25) is 0 Å². The molecule has 0 unspecified atom stereocenters. The average molecular weight is 421 g/mol. The van der Waals surface area contributed by atoms with Crippen LogP contribution in [-0.2, 0) is 5.31 Å². The number of benzene rings is 4. The van der Waals surface area contributed by atoms with Crippen molar-refractivity contribution in [3.8, 4) is 28.3 Å². The molecular weight excluding hydrogens is 401 g/mol. The standard InChI is InChI=1S/C29H20BN3/c1-29(2)25-17-20(21-14-19(18-31)15-22(16-21)32-3)12-13-28(25)33-27-11-7-5-9-24(27)23-8-4-6-10-26(23)30(29)33/h4-17H,1-2H3. The number of hydrogen-bond donors (Lipinski definition) is 0. The Hall–Kier alpha value is -4.28. The van der Waals surface area contributed by atoms with Crippen molar-refractivity contribution in [2.24, 2.45) is 0 Å². The first-order valence-electron chi connectivity index (χ1n) is 11.1. The molecule has 2 heterocycles. The summed E-state index contributed by atoms with van der Waals surface area (Å²) in [7, 11) is 0. The minimum absolute atomic E-state index is 0.134. The Kier molecular flexibility index (Phi) is 4.04. The van der Waals surface area contributed by atoms with Gasteiger partial charge in [-0.15, -0.1) is 0 Å². The van der Waals surface area contributed by atoms with Gasteiger partial charge in [0.25, 0.3) is 0 Å². The fourth-order valence-corrected chi connectivity index (χ4v) is 5.65. The molecule has 4 aromatic carbocycles. The van der Waals surface area contributed by atoms with E-state index in [0.29, 0.717) is 11.3 Å². The van der Waals surface area contributed by atoms with Crippen LogP contribution in [0.4, 0.5) is 17.1 Å². The number of nitrogens with zero attached hydrogens (tertiary/aromatic N) is 3. The summed E-state index contributed by atoms with van der Waals surface area (Å²) in [6, 6.07) is 31.5. The van der Waals surface area contributed by atoms with E-state index in [4.69, 9.17) is 6.57 Å². The monoisotopic (exact) mass is 421 g/mol. The number of para-hydroxylation sites is 1. The number of fused-ring (bicyclic) bond motifs is 8. The van der Waals surface area contributed by atoms with Gasteiger partial charge in [-0.25, -0.2) is 4.85 Å². The summed E-state index contributed by atoms with van der Waals surface area (Å²) in [6.45, 7) is 12.3. The zero-order valence-corrected chi connectivity index (χ0v) is 18.5. The van der Waals surface area contributed by atoms with Crippen LogP contribution in [0.25, 0.3) is 27.1 Å². The van der Waals surface area contributed by atoms with Crippen LogP contribution in [0, 0.1) is 17.9 Å². The summed E-state index contributed by atoms with van der Waals surface area (Å²) in [5.41, 5.74) is 10.6. The second kappa shape index (κ2) is 6.86. The van der Waals surface area contributed by atoms with E-state index >= 15 is 0 Å². The molecule has 0 radical (unpaired) electrons. The van der Waals surface area contributed by atoms with Crippen LogP contribution in [0.15, 0.2) is 84.9 Å². The highest BCUT2D eigenvalue weighted by Crippen LogP contribution is 2.52. The molecule has 0 fully saturated rings. The SMILES string of the molecule is [C-]#[N+]c1cc(C#N)cc(-c2ccc3c(c2)C(C)(C)B2c4ccccc4-c4ccccc4N23)c1. The molecule has 154 valence electrons. The molecule has 6 rings (SSSR count). The first-order valence-corrected chi connectivity index (χ1v) is 11.1. The van der Waals surface area contributed by atoms with Crippen molar-refractivity contribution < 1.29 is 0 Å². The fourth-order valence-electron chi connectivity index (χ4n) is 5.65. The van der Waals surface area contributed by atoms with E-state index in [2.05, 4.69) is 96.3 Å². The number of nitriles is 1. The van der Waals surface area contributed by atoms with Crippen LogP contribution in [0.1, 0.15) is 25.0 Å². The van der Waals surface area contributed by atoms with E-state index < -0.39 is 0 Å². The molecule has 33 heavy (non-hydrogen) atoms. The summed E-state index contributed by atoms with van der Waals surface area (Å²) in [6.07, 6.45) is 0. The van der Waals surface area contributed by atoms with Gasteiger partial charge in [-0.05, 0) is 69.4 Å². The van der Waals surface area contributed by atoms with Crippen molar-refractivity contribution >= 4 is 29.4 Å². The first kappa shape index (κ1) is 19.4. The molecular formula is C29H20BN3. The fraction of sp³-hybridized carbons (Fsp3) is 0.103. The van der Waals surface area contributed by atoms with Gasteiger partial charge in [0.1, 0.15) is 0 Å². The van der Waals surface area contributed by atoms with Crippen molar-refractivity contribution in [2.45, 2.75) is 19.2 Å². The Labute approximate surface area is 194 Å². The number of rotatable bonds is 1. The molecule has 0 bridgehead atoms. The maximum Gasteiger partial charge on any atom is 0.304 e. The summed E-state index contributed by atoms with van der Waals surface area (Å²) < 4.78 is 0. The van der Waals surface area contributed by atoms with E-state index in [9.17, 15) is 5.26 Å². The molecule has 2 aliphatic heterocycles. The highest BCUT2D eigenvalue weighted by atomic mass is 15.1. The molecule has 0 saturated carbocycles. The minimum atomic E-state index is -0.134. The maximum absolute atomic E-state index is 9.43. The summed E-state index contributed by atoms with van der Waals surface area (Å²) >= 11 is 0. The van der Waals surface area contributed by atoms with Gasteiger partial charge < -0.3 is 4.81 Å². The molecule has 0 aromatic heterocycles. The largest absolute Gasteiger partial charge is 0.380 e. The van der Waals surface area contributed by atoms with Crippen LogP contribution in [-0.4, -0.2) is 6.85 Å². The molecule has 0 N–H and O–H groups in total. The second-order valence-electron chi connectivity index (χ2n) is 9.32. The minimum Gasteiger partial charge on any atom is -0.380 e. The predicted octanol–water partition coefficient (Wildman–Crippen LogP) is 6.62. The van der Waals surface area contributed by atoms with Gasteiger partial charge in [0.2, 0.25) is 0 Å². The van der Waals surface area contributed by atoms with E-state index in [0.717, 1.165) is 11.1 Å². The Morgan fingerprint density at radius 2 is 1.61 bits per heavy atom. The molecule has 0 spiro atoms. The van der Waals surface area contributed by atoms with E-state index in [-0.39, 0.29) is 12.2 Å². The zero-order valence-electron chi connectivity index (χ0n) is 18.5. The normalized spacial score (nSPS) is 14.4. The van der Waals surface area contributed by atoms with Crippen molar-refractivity contribution in [1.29, 1.82) is 5.26 Å². The molecule has 4 heteroatoms. The third kappa shape index (κ3) is 2.68. The van der Waals surface area contributed by atoms with Crippen LogP contribution in [0.3, 0.4) is 0 Å². The lowest BCUT2D eigenvalue weighted by atomic mass is 9.37. The number of anilines is 2.